The van der Waals surface area contributed by atoms with Crippen LogP contribution in [0.2, 0.25) is 0 Å². The highest BCUT2D eigenvalue weighted by Gasteiger charge is 2.14. The second kappa shape index (κ2) is 6.90. The smallest absolute Gasteiger partial charge is 0.138 e. The van der Waals surface area contributed by atoms with Crippen LogP contribution in [0.5, 0.6) is 0 Å². The number of rotatable bonds is 7. The van der Waals surface area contributed by atoms with Crippen molar-refractivity contribution in [3.63, 3.8) is 0 Å². The molecule has 1 N–H and O–H groups in total. The molecule has 0 amide bonds. The SMILES string of the molecule is Cc1noc(C)c1CNC(CC(C)C)CN(C)C. The first-order valence-electron chi connectivity index (χ1n) is 6.70. The molecule has 1 unspecified atom stereocenters. The molecule has 0 fully saturated rings. The Morgan fingerprint density at radius 3 is 2.39 bits per heavy atom. The minimum atomic E-state index is 0.508. The first kappa shape index (κ1) is 15.2. The molecular weight excluding hydrogens is 226 g/mol. The van der Waals surface area contributed by atoms with Gasteiger partial charge in [0.15, 0.2) is 0 Å². The Balaban J connectivity index is 2.56. The third kappa shape index (κ3) is 4.78. The summed E-state index contributed by atoms with van der Waals surface area (Å²) >= 11 is 0. The van der Waals surface area contributed by atoms with E-state index in [4.69, 9.17) is 4.52 Å². The highest BCUT2D eigenvalue weighted by molar-refractivity contribution is 5.20. The van der Waals surface area contributed by atoms with Crippen LogP contribution in [0, 0.1) is 19.8 Å². The Hall–Kier alpha value is -0.870. The second-order valence-electron chi connectivity index (χ2n) is 5.77. The average molecular weight is 253 g/mol. The predicted octanol–water partition coefficient (Wildman–Crippen LogP) is 2.36. The fourth-order valence-corrected chi connectivity index (χ4v) is 2.23. The van der Waals surface area contributed by atoms with Crippen LogP contribution in [0.3, 0.4) is 0 Å². The molecule has 0 saturated carbocycles. The van der Waals surface area contributed by atoms with Crippen molar-refractivity contribution in [1.82, 2.24) is 15.4 Å². The molecule has 0 aromatic carbocycles. The van der Waals surface area contributed by atoms with Crippen LogP contribution in [0.1, 0.15) is 37.3 Å². The topological polar surface area (TPSA) is 41.3 Å². The van der Waals surface area contributed by atoms with Crippen molar-refractivity contribution in [3.8, 4) is 0 Å². The molecule has 18 heavy (non-hydrogen) atoms. The third-order valence-corrected chi connectivity index (χ3v) is 3.09. The number of hydrogen-bond donors (Lipinski definition) is 1. The quantitative estimate of drug-likeness (QED) is 0.810. The highest BCUT2D eigenvalue weighted by atomic mass is 16.5. The van der Waals surface area contributed by atoms with Crippen LogP contribution in [0.25, 0.3) is 0 Å². The summed E-state index contributed by atoms with van der Waals surface area (Å²) in [4.78, 5) is 2.23. The van der Waals surface area contributed by atoms with Crippen molar-refractivity contribution >= 4 is 0 Å². The van der Waals surface area contributed by atoms with Gasteiger partial charge in [0.1, 0.15) is 5.76 Å². The van der Waals surface area contributed by atoms with Gasteiger partial charge >= 0.3 is 0 Å². The van der Waals surface area contributed by atoms with Gasteiger partial charge in [-0.3, -0.25) is 0 Å². The molecule has 1 aromatic heterocycles. The van der Waals surface area contributed by atoms with Crippen molar-refractivity contribution in [2.45, 2.75) is 46.7 Å². The molecule has 1 atom stereocenters. The van der Waals surface area contributed by atoms with E-state index in [-0.39, 0.29) is 0 Å². The summed E-state index contributed by atoms with van der Waals surface area (Å²) in [6.45, 7) is 10.4. The molecule has 4 heteroatoms. The zero-order valence-corrected chi connectivity index (χ0v) is 12.6. The number of nitrogens with zero attached hydrogens (tertiary/aromatic N) is 2. The molecule has 0 bridgehead atoms. The number of aromatic nitrogens is 1. The van der Waals surface area contributed by atoms with Crippen molar-refractivity contribution in [2.75, 3.05) is 20.6 Å². The number of likely N-dealkylation sites (N-methyl/N-ethyl adjacent to an activating group) is 1. The predicted molar refractivity (Wildman–Crippen MR) is 74.6 cm³/mol. The van der Waals surface area contributed by atoms with Crippen molar-refractivity contribution < 1.29 is 4.52 Å². The summed E-state index contributed by atoms with van der Waals surface area (Å²) in [6.07, 6.45) is 1.18. The Kier molecular flexibility index (Phi) is 5.82. The fraction of sp³-hybridized carbons (Fsp3) is 0.786. The Labute approximate surface area is 111 Å². The zero-order chi connectivity index (χ0) is 13.7. The van der Waals surface area contributed by atoms with Crippen molar-refractivity contribution in [3.05, 3.63) is 17.0 Å². The monoisotopic (exact) mass is 253 g/mol. The van der Waals surface area contributed by atoms with Crippen LogP contribution >= 0.6 is 0 Å². The van der Waals surface area contributed by atoms with Gasteiger partial charge in [-0.25, -0.2) is 0 Å². The lowest BCUT2D eigenvalue weighted by molar-refractivity contribution is 0.304. The van der Waals surface area contributed by atoms with E-state index in [0.29, 0.717) is 12.0 Å². The van der Waals surface area contributed by atoms with Crippen LogP contribution in [0.15, 0.2) is 4.52 Å². The minimum absolute atomic E-state index is 0.508. The number of nitrogens with one attached hydrogen (secondary N) is 1. The Morgan fingerprint density at radius 2 is 1.94 bits per heavy atom. The van der Waals surface area contributed by atoms with Crippen LogP contribution in [-0.4, -0.2) is 36.7 Å². The van der Waals surface area contributed by atoms with Gasteiger partial charge in [-0.2, -0.15) is 0 Å². The summed E-state index contributed by atoms with van der Waals surface area (Å²) in [5, 5.41) is 7.62. The molecule has 0 aliphatic rings. The molecule has 104 valence electrons. The van der Waals surface area contributed by atoms with E-state index < -0.39 is 0 Å². The maximum absolute atomic E-state index is 5.19. The third-order valence-electron chi connectivity index (χ3n) is 3.09. The maximum atomic E-state index is 5.19. The van der Waals surface area contributed by atoms with Gasteiger partial charge in [-0.05, 0) is 40.3 Å². The molecule has 0 saturated heterocycles. The summed E-state index contributed by atoms with van der Waals surface area (Å²) in [5.74, 6) is 1.63. The van der Waals surface area contributed by atoms with Crippen LogP contribution in [0.4, 0.5) is 0 Å². The molecule has 0 aliphatic heterocycles. The minimum Gasteiger partial charge on any atom is -0.361 e. The number of hydrogen-bond acceptors (Lipinski definition) is 4. The molecule has 0 spiro atoms. The summed E-state index contributed by atoms with van der Waals surface area (Å²) < 4.78 is 5.19. The second-order valence-corrected chi connectivity index (χ2v) is 5.77. The van der Waals surface area contributed by atoms with E-state index in [0.717, 1.165) is 24.5 Å². The first-order valence-corrected chi connectivity index (χ1v) is 6.70. The van der Waals surface area contributed by atoms with E-state index in [2.05, 4.69) is 43.3 Å². The molecule has 0 aliphatic carbocycles. The lowest BCUT2D eigenvalue weighted by Gasteiger charge is -2.24. The van der Waals surface area contributed by atoms with E-state index in [1.54, 1.807) is 0 Å². The Bertz CT molecular complexity index is 328. The van der Waals surface area contributed by atoms with Gasteiger partial charge in [0.25, 0.3) is 0 Å². The van der Waals surface area contributed by atoms with Crippen molar-refractivity contribution in [1.29, 1.82) is 0 Å². The summed E-state index contributed by atoms with van der Waals surface area (Å²) in [6, 6.07) is 0.508. The normalized spacial score (nSPS) is 13.6. The van der Waals surface area contributed by atoms with Gasteiger partial charge in [0, 0.05) is 24.7 Å². The molecule has 0 radical (unpaired) electrons. The standard InChI is InChI=1S/C14H27N3O/c1-10(2)7-13(9-17(5)6)15-8-14-11(3)16-18-12(14)4/h10,13,15H,7-9H2,1-6H3. The van der Waals surface area contributed by atoms with E-state index in [1.165, 1.54) is 12.0 Å². The fourth-order valence-electron chi connectivity index (χ4n) is 2.23. The average Bonchev–Trinajstić information content (AvgIpc) is 2.54. The van der Waals surface area contributed by atoms with E-state index in [1.807, 2.05) is 13.8 Å². The highest BCUT2D eigenvalue weighted by Crippen LogP contribution is 2.13. The van der Waals surface area contributed by atoms with Gasteiger partial charge in [-0.15, -0.1) is 0 Å². The lowest BCUT2D eigenvalue weighted by Crippen LogP contribution is -2.39. The largest absolute Gasteiger partial charge is 0.361 e. The van der Waals surface area contributed by atoms with Crippen molar-refractivity contribution in [2.24, 2.45) is 5.92 Å². The van der Waals surface area contributed by atoms with E-state index in [9.17, 15) is 0 Å². The maximum Gasteiger partial charge on any atom is 0.138 e. The summed E-state index contributed by atoms with van der Waals surface area (Å²) in [7, 11) is 4.23. The lowest BCUT2D eigenvalue weighted by atomic mass is 10.0. The van der Waals surface area contributed by atoms with Gasteiger partial charge in [0.05, 0.1) is 5.69 Å². The number of aryl methyl sites for hydroxylation is 2. The molecule has 1 heterocycles. The van der Waals surface area contributed by atoms with Gasteiger partial charge < -0.3 is 14.7 Å². The van der Waals surface area contributed by atoms with Crippen LogP contribution < -0.4 is 5.32 Å². The van der Waals surface area contributed by atoms with Crippen LogP contribution in [-0.2, 0) is 6.54 Å². The van der Waals surface area contributed by atoms with Gasteiger partial charge in [-0.1, -0.05) is 19.0 Å². The van der Waals surface area contributed by atoms with E-state index >= 15 is 0 Å². The summed E-state index contributed by atoms with van der Waals surface area (Å²) in [5.41, 5.74) is 2.19. The molecule has 4 nitrogen and oxygen atoms in total. The Morgan fingerprint density at radius 1 is 1.28 bits per heavy atom. The molecular formula is C14H27N3O. The zero-order valence-electron chi connectivity index (χ0n) is 12.6. The molecule has 1 aromatic rings. The van der Waals surface area contributed by atoms with Gasteiger partial charge in [0.2, 0.25) is 0 Å². The first-order chi connectivity index (χ1) is 8.40. The molecule has 1 rings (SSSR count).